The number of nitrogens with one attached hydrogen (secondary N) is 1. The van der Waals surface area contributed by atoms with Gasteiger partial charge in [-0.05, 0) is 6.07 Å². The molecule has 0 aliphatic rings. The maximum atomic E-state index is 12.0. The molecule has 96 valence electrons. The highest BCUT2D eigenvalue weighted by Gasteiger charge is 2.22. The zero-order valence-electron chi connectivity index (χ0n) is 9.63. The highest BCUT2D eigenvalue weighted by atomic mass is 32.2. The molecular weight excluding hydrogens is 262 g/mol. The number of hydrogen-bond donors (Lipinski definition) is 2. The Morgan fingerprint density at radius 3 is 2.71 bits per heavy atom. The lowest BCUT2D eigenvalue weighted by Gasteiger charge is -2.15. The van der Waals surface area contributed by atoms with Crippen LogP contribution < -0.4 is 11.1 Å². The molecule has 8 heteroatoms. The van der Waals surface area contributed by atoms with Gasteiger partial charge in [-0.2, -0.15) is 4.31 Å². The maximum absolute atomic E-state index is 12.0. The third kappa shape index (κ3) is 3.42. The Morgan fingerprint density at radius 1 is 1.59 bits per heavy atom. The van der Waals surface area contributed by atoms with Gasteiger partial charge in [0.2, 0.25) is 5.91 Å². The number of nitrogen functional groups attached to an aromatic ring is 1. The van der Waals surface area contributed by atoms with Crippen LogP contribution in [0.3, 0.4) is 0 Å². The van der Waals surface area contributed by atoms with E-state index in [4.69, 9.17) is 5.73 Å². The average molecular weight is 277 g/mol. The minimum Gasteiger partial charge on any atom is -0.398 e. The molecule has 0 saturated carbocycles. The first-order chi connectivity index (χ1) is 7.87. The Morgan fingerprint density at radius 2 is 2.24 bits per heavy atom. The first-order valence-electron chi connectivity index (χ1n) is 4.89. The van der Waals surface area contributed by atoms with Gasteiger partial charge in [0.1, 0.15) is 4.21 Å². The average Bonchev–Trinajstić information content (AvgIpc) is 2.72. The molecule has 0 radical (unpaired) electrons. The smallest absolute Gasteiger partial charge is 0.252 e. The second kappa shape index (κ2) is 5.48. The van der Waals surface area contributed by atoms with Crippen LogP contribution in [0.2, 0.25) is 0 Å². The monoisotopic (exact) mass is 277 g/mol. The van der Waals surface area contributed by atoms with E-state index in [0.717, 1.165) is 15.6 Å². The highest BCUT2D eigenvalue weighted by Crippen LogP contribution is 2.24. The topological polar surface area (TPSA) is 92.5 Å². The molecule has 17 heavy (non-hydrogen) atoms. The summed E-state index contributed by atoms with van der Waals surface area (Å²) < 4.78 is 25.3. The lowest BCUT2D eigenvalue weighted by Crippen LogP contribution is -2.31. The minimum absolute atomic E-state index is 0.132. The minimum atomic E-state index is -3.53. The van der Waals surface area contributed by atoms with Gasteiger partial charge in [0, 0.05) is 38.1 Å². The van der Waals surface area contributed by atoms with Gasteiger partial charge in [-0.15, -0.1) is 11.3 Å². The van der Waals surface area contributed by atoms with Crippen LogP contribution in [0.5, 0.6) is 0 Å². The molecule has 0 atom stereocenters. The summed E-state index contributed by atoms with van der Waals surface area (Å²) in [5.74, 6) is -0.197. The van der Waals surface area contributed by atoms with E-state index in [1.807, 2.05) is 0 Å². The highest BCUT2D eigenvalue weighted by molar-refractivity contribution is 7.91. The van der Waals surface area contributed by atoms with Gasteiger partial charge in [-0.3, -0.25) is 4.79 Å². The number of anilines is 1. The molecule has 0 bridgehead atoms. The molecule has 0 fully saturated rings. The summed E-state index contributed by atoms with van der Waals surface area (Å²) in [6.07, 6.45) is 0.132. The van der Waals surface area contributed by atoms with Crippen LogP contribution in [-0.2, 0) is 14.8 Å². The molecule has 1 heterocycles. The van der Waals surface area contributed by atoms with Crippen molar-refractivity contribution in [1.82, 2.24) is 9.62 Å². The second-order valence-electron chi connectivity index (χ2n) is 3.45. The third-order valence-electron chi connectivity index (χ3n) is 2.19. The lowest BCUT2D eigenvalue weighted by atomic mass is 10.4. The normalized spacial score (nSPS) is 11.7. The largest absolute Gasteiger partial charge is 0.398 e. The molecule has 1 rings (SSSR count). The van der Waals surface area contributed by atoms with Crippen molar-refractivity contribution in [2.75, 3.05) is 26.4 Å². The number of hydrogen-bond acceptors (Lipinski definition) is 5. The standard InChI is InChI=1S/C9H15N3O3S2/c1-11-8(13)3-4-12(2)17(14,15)9-5-7(10)6-16-9/h5-6H,3-4,10H2,1-2H3,(H,11,13). The van der Waals surface area contributed by atoms with Crippen molar-refractivity contribution in [2.45, 2.75) is 10.6 Å². The number of nitrogens with two attached hydrogens (primary N) is 1. The molecule has 0 aliphatic carbocycles. The molecule has 0 spiro atoms. The Balaban J connectivity index is 2.74. The molecule has 6 nitrogen and oxygen atoms in total. The summed E-state index contributed by atoms with van der Waals surface area (Å²) in [5.41, 5.74) is 5.91. The lowest BCUT2D eigenvalue weighted by molar-refractivity contribution is -0.120. The van der Waals surface area contributed by atoms with Crippen LogP contribution in [0.25, 0.3) is 0 Å². The molecule has 0 saturated heterocycles. The van der Waals surface area contributed by atoms with Crippen molar-refractivity contribution in [3.05, 3.63) is 11.4 Å². The van der Waals surface area contributed by atoms with Gasteiger partial charge in [0.15, 0.2) is 0 Å². The summed E-state index contributed by atoms with van der Waals surface area (Å²) >= 11 is 1.07. The molecular formula is C9H15N3O3S2. The molecule has 0 aliphatic heterocycles. The number of thiophene rings is 1. The molecule has 3 N–H and O–H groups in total. The fourth-order valence-corrected chi connectivity index (χ4v) is 3.58. The van der Waals surface area contributed by atoms with Crippen LogP contribution >= 0.6 is 11.3 Å². The van der Waals surface area contributed by atoms with Gasteiger partial charge in [0.05, 0.1) is 0 Å². The van der Waals surface area contributed by atoms with Crippen LogP contribution in [0.15, 0.2) is 15.7 Å². The van der Waals surface area contributed by atoms with E-state index >= 15 is 0 Å². The number of nitrogens with zero attached hydrogens (tertiary/aromatic N) is 1. The van der Waals surface area contributed by atoms with Gasteiger partial charge in [-0.1, -0.05) is 0 Å². The summed E-state index contributed by atoms with van der Waals surface area (Å²) in [5, 5.41) is 4.01. The molecule has 1 aromatic rings. The van der Waals surface area contributed by atoms with Crippen molar-refractivity contribution in [3.8, 4) is 0 Å². The van der Waals surface area contributed by atoms with E-state index in [1.165, 1.54) is 20.2 Å². The van der Waals surface area contributed by atoms with Crippen molar-refractivity contribution < 1.29 is 13.2 Å². The summed E-state index contributed by atoms with van der Waals surface area (Å²) in [6.45, 7) is 0.139. The zero-order chi connectivity index (χ0) is 13.1. The first kappa shape index (κ1) is 13.9. The van der Waals surface area contributed by atoms with Gasteiger partial charge in [0.25, 0.3) is 10.0 Å². The maximum Gasteiger partial charge on any atom is 0.252 e. The Bertz CT molecular complexity index is 495. The van der Waals surface area contributed by atoms with E-state index in [1.54, 1.807) is 5.38 Å². The number of carbonyl (C=O) groups excluding carboxylic acids is 1. The molecule has 0 unspecified atom stereocenters. The van der Waals surface area contributed by atoms with Crippen molar-refractivity contribution in [1.29, 1.82) is 0 Å². The Hall–Kier alpha value is -1.12. The Labute approximate surface area is 104 Å². The van der Waals surface area contributed by atoms with E-state index < -0.39 is 10.0 Å². The fraction of sp³-hybridized carbons (Fsp3) is 0.444. The molecule has 0 aromatic carbocycles. The predicted molar refractivity (Wildman–Crippen MR) is 67.2 cm³/mol. The van der Waals surface area contributed by atoms with E-state index in [0.29, 0.717) is 5.69 Å². The zero-order valence-corrected chi connectivity index (χ0v) is 11.3. The van der Waals surface area contributed by atoms with E-state index in [-0.39, 0.29) is 23.1 Å². The van der Waals surface area contributed by atoms with Crippen LogP contribution in [0.4, 0.5) is 5.69 Å². The summed E-state index contributed by atoms with van der Waals surface area (Å²) in [6, 6.07) is 1.41. The number of amides is 1. The second-order valence-corrected chi connectivity index (χ2v) is 6.63. The first-order valence-corrected chi connectivity index (χ1v) is 7.21. The van der Waals surface area contributed by atoms with Crippen LogP contribution in [0, 0.1) is 0 Å². The number of rotatable bonds is 5. The van der Waals surface area contributed by atoms with Gasteiger partial charge in [-0.25, -0.2) is 8.42 Å². The number of carbonyl (C=O) groups is 1. The fourth-order valence-electron chi connectivity index (χ4n) is 1.12. The van der Waals surface area contributed by atoms with Crippen molar-refractivity contribution in [3.63, 3.8) is 0 Å². The summed E-state index contributed by atoms with van der Waals surface area (Å²) in [4.78, 5) is 11.0. The quantitative estimate of drug-likeness (QED) is 0.797. The predicted octanol–water partition coefficient (Wildman–Crippen LogP) is 0.0869. The SMILES string of the molecule is CNC(=O)CCN(C)S(=O)(=O)c1cc(N)cs1. The van der Waals surface area contributed by atoms with Crippen LogP contribution in [0.1, 0.15) is 6.42 Å². The van der Waals surface area contributed by atoms with E-state index in [2.05, 4.69) is 5.32 Å². The van der Waals surface area contributed by atoms with Gasteiger partial charge < -0.3 is 11.1 Å². The van der Waals surface area contributed by atoms with Crippen molar-refractivity contribution >= 4 is 33.0 Å². The molecule has 1 amide bonds. The van der Waals surface area contributed by atoms with E-state index in [9.17, 15) is 13.2 Å². The Kier molecular flexibility index (Phi) is 4.49. The molecule has 1 aromatic heterocycles. The van der Waals surface area contributed by atoms with Gasteiger partial charge >= 0.3 is 0 Å². The van der Waals surface area contributed by atoms with Crippen LogP contribution in [-0.4, -0.2) is 39.3 Å². The number of sulfonamides is 1. The van der Waals surface area contributed by atoms with Crippen molar-refractivity contribution in [2.24, 2.45) is 0 Å². The third-order valence-corrected chi connectivity index (χ3v) is 5.48. The summed E-state index contributed by atoms with van der Waals surface area (Å²) in [7, 11) is -0.581.